The van der Waals surface area contributed by atoms with E-state index in [0.717, 1.165) is 33.2 Å². The molecule has 0 saturated carbocycles. The summed E-state index contributed by atoms with van der Waals surface area (Å²) < 4.78 is 5.93. The van der Waals surface area contributed by atoms with Gasteiger partial charge in [-0.1, -0.05) is 54.1 Å². The first-order valence-electron chi connectivity index (χ1n) is 11.3. The van der Waals surface area contributed by atoms with Crippen molar-refractivity contribution in [3.63, 3.8) is 0 Å². The van der Waals surface area contributed by atoms with E-state index in [1.54, 1.807) is 0 Å². The number of aliphatic hydroxyl groups excluding tert-OH is 1. The quantitative estimate of drug-likeness (QED) is 0.348. The molecule has 0 fully saturated rings. The molecule has 0 aliphatic carbocycles. The minimum atomic E-state index is -0.425. The highest BCUT2D eigenvalue weighted by molar-refractivity contribution is 5.98. The fourth-order valence-corrected chi connectivity index (χ4v) is 4.06. The Morgan fingerprint density at radius 3 is 2.58 bits per heavy atom. The zero-order valence-electron chi connectivity index (χ0n) is 19.3. The molecule has 5 heteroatoms. The van der Waals surface area contributed by atoms with E-state index in [1.165, 1.54) is 0 Å². The summed E-state index contributed by atoms with van der Waals surface area (Å²) in [6.07, 6.45) is 2.39. The van der Waals surface area contributed by atoms with Crippen LogP contribution in [0.3, 0.4) is 0 Å². The number of aliphatic hydroxyl groups is 1. The normalized spacial score (nSPS) is 12.2. The number of aryl methyl sites for hydroxylation is 1. The van der Waals surface area contributed by atoms with Crippen LogP contribution < -0.4 is 10.1 Å². The van der Waals surface area contributed by atoms with Crippen LogP contribution in [-0.4, -0.2) is 34.8 Å². The molecule has 0 aliphatic heterocycles. The first-order chi connectivity index (χ1) is 15.9. The molecule has 0 spiro atoms. The van der Waals surface area contributed by atoms with E-state index in [1.807, 2.05) is 87.6 Å². The predicted molar refractivity (Wildman–Crippen MR) is 133 cm³/mol. The lowest BCUT2D eigenvalue weighted by atomic mass is 10.00. The monoisotopic (exact) mass is 442 g/mol. The molecule has 0 unspecified atom stereocenters. The van der Waals surface area contributed by atoms with Crippen LogP contribution in [0.2, 0.25) is 0 Å². The van der Waals surface area contributed by atoms with Gasteiger partial charge in [-0.2, -0.15) is 0 Å². The number of amides is 1. The van der Waals surface area contributed by atoms with Gasteiger partial charge in [-0.15, -0.1) is 0 Å². The number of aromatic amines is 1. The summed E-state index contributed by atoms with van der Waals surface area (Å²) in [5.74, 6) is 0.265. The summed E-state index contributed by atoms with van der Waals surface area (Å²) in [5, 5.41) is 14.1. The largest absolute Gasteiger partial charge is 0.490 e. The van der Waals surface area contributed by atoms with Crippen molar-refractivity contribution in [3.05, 3.63) is 89.6 Å². The highest BCUT2D eigenvalue weighted by atomic mass is 16.5. The average molecular weight is 443 g/mol. The molecule has 0 bridgehead atoms. The summed E-state index contributed by atoms with van der Waals surface area (Å²) in [6, 6.07) is 21.4. The first-order valence-corrected chi connectivity index (χ1v) is 11.3. The van der Waals surface area contributed by atoms with Crippen LogP contribution >= 0.6 is 0 Å². The van der Waals surface area contributed by atoms with Crippen LogP contribution in [0.1, 0.15) is 35.3 Å². The second-order valence-corrected chi connectivity index (χ2v) is 8.66. The van der Waals surface area contributed by atoms with Crippen LogP contribution in [0.25, 0.3) is 22.0 Å². The van der Waals surface area contributed by atoms with Gasteiger partial charge >= 0.3 is 0 Å². The van der Waals surface area contributed by atoms with Gasteiger partial charge in [0.25, 0.3) is 5.91 Å². The maximum absolute atomic E-state index is 13.3. The number of aromatic nitrogens is 1. The zero-order chi connectivity index (χ0) is 23.4. The summed E-state index contributed by atoms with van der Waals surface area (Å²) in [5.41, 5.74) is 5.68. The lowest BCUT2D eigenvalue weighted by Gasteiger charge is -2.19. The fraction of sp³-hybridized carbons (Fsp3) is 0.250. The van der Waals surface area contributed by atoms with Gasteiger partial charge in [0.05, 0.1) is 24.3 Å². The van der Waals surface area contributed by atoms with E-state index >= 15 is 0 Å². The molecular formula is C28H30N2O3. The fourth-order valence-electron chi connectivity index (χ4n) is 4.06. The molecule has 1 heterocycles. The number of H-pyrrole nitrogens is 1. The predicted octanol–water partition coefficient (Wildman–Crippen LogP) is 5.26. The Morgan fingerprint density at radius 1 is 1.03 bits per heavy atom. The molecule has 0 saturated heterocycles. The Bertz CT molecular complexity index is 1260. The summed E-state index contributed by atoms with van der Waals surface area (Å²) >= 11 is 0. The summed E-state index contributed by atoms with van der Waals surface area (Å²) in [4.78, 5) is 16.6. The van der Waals surface area contributed by atoms with Crippen molar-refractivity contribution in [1.29, 1.82) is 0 Å². The average Bonchev–Trinajstić information content (AvgIpc) is 3.21. The second kappa shape index (κ2) is 9.92. The molecule has 4 aromatic rings. The van der Waals surface area contributed by atoms with E-state index in [2.05, 4.69) is 16.4 Å². The van der Waals surface area contributed by atoms with E-state index < -0.39 is 6.04 Å². The van der Waals surface area contributed by atoms with E-state index in [4.69, 9.17) is 4.74 Å². The second-order valence-electron chi connectivity index (χ2n) is 8.66. The van der Waals surface area contributed by atoms with Crippen molar-refractivity contribution in [2.75, 3.05) is 6.61 Å². The van der Waals surface area contributed by atoms with E-state index in [0.29, 0.717) is 17.7 Å². The van der Waals surface area contributed by atoms with Crippen molar-refractivity contribution in [2.24, 2.45) is 0 Å². The number of benzene rings is 3. The number of para-hydroxylation sites is 1. The van der Waals surface area contributed by atoms with Gasteiger partial charge in [0.15, 0.2) is 0 Å². The van der Waals surface area contributed by atoms with Crippen LogP contribution in [0, 0.1) is 6.92 Å². The van der Waals surface area contributed by atoms with Crippen molar-refractivity contribution < 1.29 is 14.6 Å². The van der Waals surface area contributed by atoms with E-state index in [9.17, 15) is 9.90 Å². The number of hydrogen-bond acceptors (Lipinski definition) is 3. The van der Waals surface area contributed by atoms with Crippen LogP contribution in [0.4, 0.5) is 0 Å². The molecule has 1 amide bonds. The van der Waals surface area contributed by atoms with Gasteiger partial charge in [0.1, 0.15) is 5.75 Å². The zero-order valence-corrected chi connectivity index (χ0v) is 19.3. The Labute approximate surface area is 194 Å². The van der Waals surface area contributed by atoms with Crippen molar-refractivity contribution in [3.8, 4) is 16.9 Å². The Kier molecular flexibility index (Phi) is 6.80. The number of nitrogens with one attached hydrogen (secondary N) is 2. The third-order valence-electron chi connectivity index (χ3n) is 5.64. The minimum absolute atomic E-state index is 0.0683. The molecule has 0 radical (unpaired) electrons. The minimum Gasteiger partial charge on any atom is -0.490 e. The maximum Gasteiger partial charge on any atom is 0.255 e. The molecule has 3 aromatic carbocycles. The van der Waals surface area contributed by atoms with Crippen LogP contribution in [0.5, 0.6) is 5.75 Å². The SMILES string of the molecule is Cc1cccc(-c2ccc(OC(C)C)c(C(=O)N[C@@H](CO)Cc3c[nH]c4ccccc34)c2)c1. The summed E-state index contributed by atoms with van der Waals surface area (Å²) in [7, 11) is 0. The molecule has 0 aliphatic rings. The van der Waals surface area contributed by atoms with Gasteiger partial charge in [-0.25, -0.2) is 0 Å². The van der Waals surface area contributed by atoms with Gasteiger partial charge in [0.2, 0.25) is 0 Å². The van der Waals surface area contributed by atoms with Crippen molar-refractivity contribution >= 4 is 16.8 Å². The number of ether oxygens (including phenoxy) is 1. The smallest absolute Gasteiger partial charge is 0.255 e. The third kappa shape index (κ3) is 5.26. The third-order valence-corrected chi connectivity index (χ3v) is 5.64. The number of hydrogen-bond donors (Lipinski definition) is 3. The van der Waals surface area contributed by atoms with Gasteiger partial charge in [0, 0.05) is 17.1 Å². The maximum atomic E-state index is 13.3. The topological polar surface area (TPSA) is 74.3 Å². The Morgan fingerprint density at radius 2 is 1.82 bits per heavy atom. The van der Waals surface area contributed by atoms with Gasteiger partial charge in [-0.3, -0.25) is 4.79 Å². The lowest BCUT2D eigenvalue weighted by Crippen LogP contribution is -2.39. The molecule has 1 aromatic heterocycles. The molecule has 4 rings (SSSR count). The molecular weight excluding hydrogens is 412 g/mol. The molecule has 33 heavy (non-hydrogen) atoms. The Balaban J connectivity index is 1.61. The van der Waals surface area contributed by atoms with Gasteiger partial charge in [-0.05, 0) is 62.1 Å². The lowest BCUT2D eigenvalue weighted by molar-refractivity contribution is 0.0910. The number of fused-ring (bicyclic) bond motifs is 1. The number of rotatable bonds is 8. The molecule has 1 atom stereocenters. The van der Waals surface area contributed by atoms with Gasteiger partial charge < -0.3 is 20.1 Å². The highest BCUT2D eigenvalue weighted by Gasteiger charge is 2.20. The summed E-state index contributed by atoms with van der Waals surface area (Å²) in [6.45, 7) is 5.75. The molecule has 3 N–H and O–H groups in total. The van der Waals surface area contributed by atoms with Crippen molar-refractivity contribution in [1.82, 2.24) is 10.3 Å². The number of carbonyl (C=O) groups is 1. The Hall–Kier alpha value is -3.57. The van der Waals surface area contributed by atoms with Crippen LogP contribution in [-0.2, 0) is 6.42 Å². The van der Waals surface area contributed by atoms with Crippen LogP contribution in [0.15, 0.2) is 72.9 Å². The van der Waals surface area contributed by atoms with E-state index in [-0.39, 0.29) is 18.6 Å². The van der Waals surface area contributed by atoms with Crippen molar-refractivity contribution in [2.45, 2.75) is 39.3 Å². The molecule has 5 nitrogen and oxygen atoms in total. The molecule has 170 valence electrons. The highest BCUT2D eigenvalue weighted by Crippen LogP contribution is 2.28. The first kappa shape index (κ1) is 22.6. The number of carbonyl (C=O) groups excluding carboxylic acids is 1. The standard InChI is InChI=1S/C28H30N2O3/c1-18(2)33-27-12-11-21(20-8-6-7-19(3)13-20)15-25(27)28(32)30-23(17-31)14-22-16-29-26-10-5-4-9-24(22)26/h4-13,15-16,18,23,29,31H,14,17H2,1-3H3,(H,30,32)/t23-/m1/s1.